The predicted octanol–water partition coefficient (Wildman–Crippen LogP) is 1.40. The Kier molecular flexibility index (Phi) is 3.70. The molecule has 0 aliphatic carbocycles. The molecule has 0 fully saturated rings. The van der Waals surface area contributed by atoms with Gasteiger partial charge < -0.3 is 15.1 Å². The van der Waals surface area contributed by atoms with Crippen LogP contribution in [-0.4, -0.2) is 28.9 Å². The van der Waals surface area contributed by atoms with Crippen LogP contribution in [0.2, 0.25) is 0 Å². The molecule has 0 saturated carbocycles. The van der Waals surface area contributed by atoms with Crippen molar-refractivity contribution in [1.29, 1.82) is 0 Å². The van der Waals surface area contributed by atoms with Crippen molar-refractivity contribution in [3.8, 4) is 5.75 Å². The van der Waals surface area contributed by atoms with E-state index < -0.39 is 0 Å². The minimum atomic E-state index is -0.0609. The molecule has 21 heavy (non-hydrogen) atoms. The molecule has 3 N–H and O–H groups in total. The molecule has 108 valence electrons. The van der Waals surface area contributed by atoms with Gasteiger partial charge in [-0.05, 0) is 18.2 Å². The molecule has 1 aromatic heterocycles. The topological polar surface area (TPSA) is 80.5 Å². The zero-order valence-electron chi connectivity index (χ0n) is 11.5. The number of hydrazine groups is 1. The molecule has 0 unspecified atom stereocenters. The SMILES string of the molecule is NNc1cc(C(=O)N2CCOc3ccccc3C2)ccn1. The average Bonchev–Trinajstić information content (AvgIpc) is 2.76. The van der Waals surface area contributed by atoms with E-state index in [-0.39, 0.29) is 5.91 Å². The number of carbonyl (C=O) groups excluding carboxylic acids is 1. The number of anilines is 1. The van der Waals surface area contributed by atoms with E-state index >= 15 is 0 Å². The van der Waals surface area contributed by atoms with Crippen LogP contribution in [0.5, 0.6) is 5.75 Å². The summed E-state index contributed by atoms with van der Waals surface area (Å²) in [7, 11) is 0. The van der Waals surface area contributed by atoms with Crippen molar-refractivity contribution in [1.82, 2.24) is 9.88 Å². The van der Waals surface area contributed by atoms with Crippen LogP contribution in [0.4, 0.5) is 5.82 Å². The van der Waals surface area contributed by atoms with Crippen LogP contribution in [0, 0.1) is 0 Å². The van der Waals surface area contributed by atoms with Crippen LogP contribution in [0.3, 0.4) is 0 Å². The Balaban J connectivity index is 1.84. The maximum Gasteiger partial charge on any atom is 0.254 e. The zero-order valence-corrected chi connectivity index (χ0v) is 11.5. The number of nitrogen functional groups attached to an aromatic ring is 1. The average molecular weight is 284 g/mol. The highest BCUT2D eigenvalue weighted by Gasteiger charge is 2.21. The third kappa shape index (κ3) is 2.80. The van der Waals surface area contributed by atoms with Crippen molar-refractivity contribution in [3.05, 3.63) is 53.7 Å². The first-order valence-corrected chi connectivity index (χ1v) is 6.70. The number of ether oxygens (including phenoxy) is 1. The first-order valence-electron chi connectivity index (χ1n) is 6.70. The van der Waals surface area contributed by atoms with E-state index in [0.29, 0.717) is 31.1 Å². The highest BCUT2D eigenvalue weighted by molar-refractivity contribution is 5.94. The van der Waals surface area contributed by atoms with Crippen LogP contribution >= 0.6 is 0 Å². The molecule has 0 atom stereocenters. The second kappa shape index (κ2) is 5.80. The second-order valence-corrected chi connectivity index (χ2v) is 4.76. The number of carbonyl (C=O) groups is 1. The molecular formula is C15H16N4O2. The molecule has 2 heterocycles. The molecule has 1 aromatic carbocycles. The first-order chi connectivity index (χ1) is 10.3. The normalized spacial score (nSPS) is 13.9. The highest BCUT2D eigenvalue weighted by Crippen LogP contribution is 2.23. The number of nitrogens with two attached hydrogens (primary N) is 1. The summed E-state index contributed by atoms with van der Waals surface area (Å²) in [6, 6.07) is 11.1. The summed E-state index contributed by atoms with van der Waals surface area (Å²) in [4.78, 5) is 18.4. The molecular weight excluding hydrogens is 268 g/mol. The molecule has 0 spiro atoms. The maximum atomic E-state index is 12.6. The number of rotatable bonds is 2. The Morgan fingerprint density at radius 3 is 3.05 bits per heavy atom. The minimum Gasteiger partial charge on any atom is -0.491 e. The third-order valence-electron chi connectivity index (χ3n) is 3.39. The van der Waals surface area contributed by atoms with Gasteiger partial charge in [0, 0.05) is 23.9 Å². The summed E-state index contributed by atoms with van der Waals surface area (Å²) in [6.07, 6.45) is 1.56. The lowest BCUT2D eigenvalue weighted by Gasteiger charge is -2.20. The minimum absolute atomic E-state index is 0.0609. The summed E-state index contributed by atoms with van der Waals surface area (Å²) < 4.78 is 5.67. The van der Waals surface area contributed by atoms with Crippen molar-refractivity contribution >= 4 is 11.7 Å². The van der Waals surface area contributed by atoms with E-state index in [0.717, 1.165) is 11.3 Å². The van der Waals surface area contributed by atoms with Gasteiger partial charge in [0.15, 0.2) is 0 Å². The van der Waals surface area contributed by atoms with Gasteiger partial charge in [0.2, 0.25) is 0 Å². The van der Waals surface area contributed by atoms with E-state index in [1.165, 1.54) is 0 Å². The molecule has 6 heteroatoms. The standard InChI is InChI=1S/C15H16N4O2/c16-18-14-9-11(5-6-17-14)15(20)19-7-8-21-13-4-2-1-3-12(13)10-19/h1-6,9H,7-8,10,16H2,(H,17,18). The molecule has 6 nitrogen and oxygen atoms in total. The van der Waals surface area contributed by atoms with Gasteiger partial charge in [-0.15, -0.1) is 0 Å². The quantitative estimate of drug-likeness (QED) is 0.643. The van der Waals surface area contributed by atoms with Gasteiger partial charge in [-0.2, -0.15) is 0 Å². The Bertz CT molecular complexity index is 660. The van der Waals surface area contributed by atoms with Crippen LogP contribution in [0.1, 0.15) is 15.9 Å². The van der Waals surface area contributed by atoms with E-state index in [4.69, 9.17) is 10.6 Å². The zero-order chi connectivity index (χ0) is 14.7. The van der Waals surface area contributed by atoms with E-state index in [1.807, 2.05) is 24.3 Å². The number of nitrogens with zero attached hydrogens (tertiary/aromatic N) is 2. The molecule has 0 bridgehead atoms. The van der Waals surface area contributed by atoms with E-state index in [2.05, 4.69) is 10.4 Å². The van der Waals surface area contributed by atoms with Gasteiger partial charge in [0.25, 0.3) is 5.91 Å². The second-order valence-electron chi connectivity index (χ2n) is 4.76. The van der Waals surface area contributed by atoms with Crippen LogP contribution in [-0.2, 0) is 6.54 Å². The fourth-order valence-corrected chi connectivity index (χ4v) is 2.32. The number of nitrogens with one attached hydrogen (secondary N) is 1. The van der Waals surface area contributed by atoms with Gasteiger partial charge in [-0.25, -0.2) is 10.8 Å². The van der Waals surface area contributed by atoms with Crippen LogP contribution in [0.15, 0.2) is 42.6 Å². The predicted molar refractivity (Wildman–Crippen MR) is 78.7 cm³/mol. The lowest BCUT2D eigenvalue weighted by Crippen LogP contribution is -2.32. The van der Waals surface area contributed by atoms with Gasteiger partial charge in [-0.1, -0.05) is 18.2 Å². The Morgan fingerprint density at radius 1 is 1.33 bits per heavy atom. The number of hydrogen-bond donors (Lipinski definition) is 2. The monoisotopic (exact) mass is 284 g/mol. The number of aromatic nitrogens is 1. The molecule has 1 aliphatic rings. The number of para-hydroxylation sites is 1. The lowest BCUT2D eigenvalue weighted by atomic mass is 10.1. The van der Waals surface area contributed by atoms with Crippen molar-refractivity contribution in [3.63, 3.8) is 0 Å². The van der Waals surface area contributed by atoms with Crippen molar-refractivity contribution in [2.45, 2.75) is 6.54 Å². The van der Waals surface area contributed by atoms with Gasteiger partial charge >= 0.3 is 0 Å². The van der Waals surface area contributed by atoms with Crippen LogP contribution in [0.25, 0.3) is 0 Å². The van der Waals surface area contributed by atoms with Crippen LogP contribution < -0.4 is 16.0 Å². The Hall–Kier alpha value is -2.60. The summed E-state index contributed by atoms with van der Waals surface area (Å²) >= 11 is 0. The third-order valence-corrected chi connectivity index (χ3v) is 3.39. The highest BCUT2D eigenvalue weighted by atomic mass is 16.5. The Labute approximate surface area is 122 Å². The number of benzene rings is 1. The number of hydrogen-bond acceptors (Lipinski definition) is 5. The molecule has 0 saturated heterocycles. The fourth-order valence-electron chi connectivity index (χ4n) is 2.32. The van der Waals surface area contributed by atoms with Gasteiger partial charge in [0.05, 0.1) is 6.54 Å². The van der Waals surface area contributed by atoms with E-state index in [9.17, 15) is 4.79 Å². The molecule has 1 amide bonds. The lowest BCUT2D eigenvalue weighted by molar-refractivity contribution is 0.0733. The first kappa shape index (κ1) is 13.4. The summed E-state index contributed by atoms with van der Waals surface area (Å²) in [5.41, 5.74) is 4.01. The number of pyridine rings is 1. The summed E-state index contributed by atoms with van der Waals surface area (Å²) in [6.45, 7) is 1.56. The Morgan fingerprint density at radius 2 is 2.19 bits per heavy atom. The van der Waals surface area contributed by atoms with Gasteiger partial charge in [-0.3, -0.25) is 4.79 Å². The summed E-state index contributed by atoms with van der Waals surface area (Å²) in [5.74, 6) is 6.57. The van der Waals surface area contributed by atoms with Gasteiger partial charge in [0.1, 0.15) is 18.2 Å². The number of amides is 1. The number of fused-ring (bicyclic) bond motifs is 1. The molecule has 1 aliphatic heterocycles. The molecule has 3 rings (SSSR count). The largest absolute Gasteiger partial charge is 0.491 e. The fraction of sp³-hybridized carbons (Fsp3) is 0.200. The molecule has 0 radical (unpaired) electrons. The van der Waals surface area contributed by atoms with Crippen molar-refractivity contribution < 1.29 is 9.53 Å². The maximum absolute atomic E-state index is 12.6. The molecule has 2 aromatic rings. The van der Waals surface area contributed by atoms with Crippen molar-refractivity contribution in [2.24, 2.45) is 5.84 Å². The van der Waals surface area contributed by atoms with E-state index in [1.54, 1.807) is 23.2 Å². The smallest absolute Gasteiger partial charge is 0.254 e. The summed E-state index contributed by atoms with van der Waals surface area (Å²) in [5, 5.41) is 0. The van der Waals surface area contributed by atoms with Crippen molar-refractivity contribution in [2.75, 3.05) is 18.6 Å².